The highest BCUT2D eigenvalue weighted by molar-refractivity contribution is 7.91. The van der Waals surface area contributed by atoms with E-state index < -0.39 is 25.8 Å². The van der Waals surface area contributed by atoms with Gasteiger partial charge in [0.05, 0.1) is 17.0 Å². The lowest BCUT2D eigenvalue weighted by molar-refractivity contribution is 0.0697. The van der Waals surface area contributed by atoms with E-state index in [0.29, 0.717) is 0 Å². The van der Waals surface area contributed by atoms with E-state index in [9.17, 15) is 21.6 Å². The predicted molar refractivity (Wildman–Crippen MR) is 77.3 cm³/mol. The minimum atomic E-state index is -4.00. The molecule has 4 N–H and O–H groups in total. The predicted octanol–water partition coefficient (Wildman–Crippen LogP) is -0.320. The number of anilines is 1. The van der Waals surface area contributed by atoms with Gasteiger partial charge in [-0.05, 0) is 18.2 Å². The summed E-state index contributed by atoms with van der Waals surface area (Å²) in [5.41, 5.74) is 5.17. The molecule has 0 atom stereocenters. The van der Waals surface area contributed by atoms with Crippen LogP contribution in [0.3, 0.4) is 0 Å². The van der Waals surface area contributed by atoms with Crippen molar-refractivity contribution in [1.29, 1.82) is 0 Å². The molecule has 118 valence electrons. The molecule has 0 aliphatic carbocycles. The van der Waals surface area contributed by atoms with Crippen LogP contribution in [0.2, 0.25) is 0 Å². The van der Waals surface area contributed by atoms with Gasteiger partial charge in [-0.1, -0.05) is 6.92 Å². The lowest BCUT2D eigenvalue weighted by Gasteiger charge is -2.09. The fourth-order valence-electron chi connectivity index (χ4n) is 1.48. The molecule has 0 aliphatic rings. The first kappa shape index (κ1) is 17.4. The van der Waals surface area contributed by atoms with Crippen molar-refractivity contribution < 1.29 is 26.7 Å². The minimum Gasteiger partial charge on any atom is -0.478 e. The zero-order valence-electron chi connectivity index (χ0n) is 11.2. The number of hydrogen-bond acceptors (Lipinski definition) is 6. The summed E-state index contributed by atoms with van der Waals surface area (Å²) < 4.78 is 48.6. The van der Waals surface area contributed by atoms with Gasteiger partial charge < -0.3 is 10.8 Å². The van der Waals surface area contributed by atoms with Crippen LogP contribution in [0.15, 0.2) is 23.1 Å². The summed E-state index contributed by atoms with van der Waals surface area (Å²) >= 11 is 0. The number of nitrogens with two attached hydrogens (primary N) is 1. The van der Waals surface area contributed by atoms with Gasteiger partial charge in [0.2, 0.25) is 10.0 Å². The standard InChI is InChI=1S/C11H16N2O6S2/c1-2-20(16,17)6-5-13-21(18,19)10-4-3-8(11(14)15)7-9(10)12/h3-4,7,13H,2,5-6,12H2,1H3,(H,14,15). The zero-order valence-corrected chi connectivity index (χ0v) is 12.9. The number of sulfonamides is 1. The zero-order chi connectivity index (χ0) is 16.3. The summed E-state index contributed by atoms with van der Waals surface area (Å²) in [6, 6.07) is 3.20. The number of nitrogens with one attached hydrogen (secondary N) is 1. The van der Waals surface area contributed by atoms with Crippen LogP contribution in [-0.4, -0.2) is 46.0 Å². The first-order valence-electron chi connectivity index (χ1n) is 5.92. The van der Waals surface area contributed by atoms with Crippen LogP contribution in [0.4, 0.5) is 5.69 Å². The number of carboxylic acid groups (broad SMARTS) is 1. The number of hydrogen-bond donors (Lipinski definition) is 3. The van der Waals surface area contributed by atoms with E-state index in [1.165, 1.54) is 6.92 Å². The van der Waals surface area contributed by atoms with E-state index >= 15 is 0 Å². The van der Waals surface area contributed by atoms with Crippen LogP contribution in [0.25, 0.3) is 0 Å². The van der Waals surface area contributed by atoms with Crippen molar-refractivity contribution in [3.8, 4) is 0 Å². The smallest absolute Gasteiger partial charge is 0.335 e. The minimum absolute atomic E-state index is 0.0792. The Bertz CT molecular complexity index is 740. The molecular weight excluding hydrogens is 320 g/mol. The number of nitrogen functional groups attached to an aromatic ring is 1. The monoisotopic (exact) mass is 336 g/mol. The average molecular weight is 336 g/mol. The number of carboxylic acids is 1. The summed E-state index contributed by atoms with van der Waals surface area (Å²) in [7, 11) is -7.28. The summed E-state index contributed by atoms with van der Waals surface area (Å²) in [6.07, 6.45) is 0. The molecule has 1 aromatic rings. The molecule has 10 heteroatoms. The Morgan fingerprint density at radius 3 is 2.38 bits per heavy atom. The molecule has 0 saturated heterocycles. The third-order valence-corrected chi connectivity index (χ3v) is 5.93. The van der Waals surface area contributed by atoms with Crippen molar-refractivity contribution in [1.82, 2.24) is 4.72 Å². The Hall–Kier alpha value is -1.65. The third-order valence-electron chi connectivity index (χ3n) is 2.69. The van der Waals surface area contributed by atoms with Gasteiger partial charge in [0.1, 0.15) is 4.90 Å². The summed E-state index contributed by atoms with van der Waals surface area (Å²) in [4.78, 5) is 10.5. The van der Waals surface area contributed by atoms with Gasteiger partial charge in [-0.3, -0.25) is 0 Å². The molecule has 0 fully saturated rings. The molecule has 0 aromatic heterocycles. The molecule has 1 rings (SSSR count). The van der Waals surface area contributed by atoms with Crippen LogP contribution in [0.5, 0.6) is 0 Å². The summed E-state index contributed by atoms with van der Waals surface area (Å²) in [5.74, 6) is -1.63. The molecule has 0 unspecified atom stereocenters. The normalized spacial score (nSPS) is 12.2. The Morgan fingerprint density at radius 1 is 1.29 bits per heavy atom. The maximum absolute atomic E-state index is 12.0. The fraction of sp³-hybridized carbons (Fsp3) is 0.364. The molecule has 0 radical (unpaired) electrons. The molecule has 21 heavy (non-hydrogen) atoms. The Balaban J connectivity index is 2.91. The van der Waals surface area contributed by atoms with Crippen LogP contribution >= 0.6 is 0 Å². The number of rotatable bonds is 7. The highest BCUT2D eigenvalue weighted by Gasteiger charge is 2.19. The summed E-state index contributed by atoms with van der Waals surface area (Å²) in [6.45, 7) is 1.19. The highest BCUT2D eigenvalue weighted by atomic mass is 32.2. The molecule has 0 spiro atoms. The average Bonchev–Trinajstić information content (AvgIpc) is 2.37. The second kappa shape index (κ2) is 6.41. The van der Waals surface area contributed by atoms with Gasteiger partial charge in [0, 0.05) is 12.3 Å². The van der Waals surface area contributed by atoms with Gasteiger partial charge in [0.15, 0.2) is 9.84 Å². The van der Waals surface area contributed by atoms with Crippen molar-refractivity contribution in [2.45, 2.75) is 11.8 Å². The highest BCUT2D eigenvalue weighted by Crippen LogP contribution is 2.19. The molecule has 0 heterocycles. The number of sulfone groups is 1. The molecular formula is C11H16N2O6S2. The number of aromatic carboxylic acids is 1. The van der Waals surface area contributed by atoms with E-state index in [-0.39, 0.29) is 34.2 Å². The first-order valence-corrected chi connectivity index (χ1v) is 9.22. The third kappa shape index (κ3) is 4.69. The van der Waals surface area contributed by atoms with Gasteiger partial charge in [-0.25, -0.2) is 26.4 Å². The second-order valence-corrected chi connectivity index (χ2v) is 8.40. The topological polar surface area (TPSA) is 144 Å². The Kier molecular flexibility index (Phi) is 5.31. The van der Waals surface area contributed by atoms with Crippen LogP contribution in [0.1, 0.15) is 17.3 Å². The van der Waals surface area contributed by atoms with Gasteiger partial charge in [-0.2, -0.15) is 0 Å². The first-order chi connectivity index (χ1) is 9.59. The van der Waals surface area contributed by atoms with Crippen LogP contribution in [-0.2, 0) is 19.9 Å². The van der Waals surface area contributed by atoms with E-state index in [4.69, 9.17) is 10.8 Å². The largest absolute Gasteiger partial charge is 0.478 e. The molecule has 1 aromatic carbocycles. The van der Waals surface area contributed by atoms with E-state index in [0.717, 1.165) is 18.2 Å². The van der Waals surface area contributed by atoms with Crippen molar-refractivity contribution in [2.75, 3.05) is 23.8 Å². The van der Waals surface area contributed by atoms with Gasteiger partial charge in [0.25, 0.3) is 0 Å². The number of benzene rings is 1. The van der Waals surface area contributed by atoms with Crippen LogP contribution in [0, 0.1) is 0 Å². The maximum atomic E-state index is 12.0. The lowest BCUT2D eigenvalue weighted by Crippen LogP contribution is -2.30. The Labute approximate surface area is 122 Å². The lowest BCUT2D eigenvalue weighted by atomic mass is 10.2. The van der Waals surface area contributed by atoms with Gasteiger partial charge >= 0.3 is 5.97 Å². The van der Waals surface area contributed by atoms with E-state index in [1.54, 1.807) is 0 Å². The number of carbonyl (C=O) groups is 1. The molecule has 0 bridgehead atoms. The SMILES string of the molecule is CCS(=O)(=O)CCNS(=O)(=O)c1ccc(C(=O)O)cc1N. The maximum Gasteiger partial charge on any atom is 0.335 e. The van der Waals surface area contributed by atoms with Crippen molar-refractivity contribution in [3.05, 3.63) is 23.8 Å². The quantitative estimate of drug-likeness (QED) is 0.579. The van der Waals surface area contributed by atoms with Gasteiger partial charge in [-0.15, -0.1) is 0 Å². The molecule has 0 saturated carbocycles. The van der Waals surface area contributed by atoms with E-state index in [2.05, 4.69) is 4.72 Å². The molecule has 0 amide bonds. The molecule has 0 aliphatic heterocycles. The van der Waals surface area contributed by atoms with Crippen molar-refractivity contribution in [3.63, 3.8) is 0 Å². The van der Waals surface area contributed by atoms with Crippen LogP contribution < -0.4 is 10.5 Å². The van der Waals surface area contributed by atoms with E-state index in [1.807, 2.05) is 0 Å². The van der Waals surface area contributed by atoms with Crippen molar-refractivity contribution in [2.24, 2.45) is 0 Å². The summed E-state index contributed by atoms with van der Waals surface area (Å²) in [5, 5.41) is 8.77. The van der Waals surface area contributed by atoms with Crippen molar-refractivity contribution >= 4 is 31.5 Å². The Morgan fingerprint density at radius 2 is 1.90 bits per heavy atom. The molecule has 8 nitrogen and oxygen atoms in total. The fourth-order valence-corrected chi connectivity index (χ4v) is 3.45. The second-order valence-electron chi connectivity index (χ2n) is 4.19.